The van der Waals surface area contributed by atoms with Gasteiger partial charge in [0, 0.05) is 0 Å². The first-order valence-electron chi connectivity index (χ1n) is 12.0. The Bertz CT molecular complexity index is 1190. The van der Waals surface area contributed by atoms with Crippen LogP contribution in [-0.4, -0.2) is 6.94 Å². The van der Waals surface area contributed by atoms with Gasteiger partial charge in [0.05, 0.1) is 0 Å². The summed E-state index contributed by atoms with van der Waals surface area (Å²) < 4.78 is 6.75. The molecular formula is C30H40Cl2HfSi. The van der Waals surface area contributed by atoms with Crippen molar-refractivity contribution in [2.45, 2.75) is 55.4 Å². The smallest absolute Gasteiger partial charge is 0.147 e. The molecule has 0 amide bonds. The molecule has 0 heterocycles. The summed E-state index contributed by atoms with van der Waals surface area (Å²) in [5.41, 5.74) is 9.26. The van der Waals surface area contributed by atoms with Gasteiger partial charge in [0.2, 0.25) is 0 Å². The Labute approximate surface area is 222 Å². The molecule has 2 aromatic carbocycles. The third-order valence-corrected chi connectivity index (χ3v) is 48.1. The van der Waals surface area contributed by atoms with Crippen LogP contribution in [-0.2, 0) is 17.1 Å². The molecule has 34 heavy (non-hydrogen) atoms. The van der Waals surface area contributed by atoms with Crippen molar-refractivity contribution in [1.29, 1.82) is 0 Å². The third-order valence-electron chi connectivity index (χ3n) is 9.29. The number of rotatable bonds is 4. The van der Waals surface area contributed by atoms with Crippen molar-refractivity contribution < 1.29 is 17.1 Å². The summed E-state index contributed by atoms with van der Waals surface area (Å²) in [6, 6.07) is 23.3. The topological polar surface area (TPSA) is 0 Å². The molecule has 182 valence electrons. The molecule has 0 aliphatic heterocycles. The largest absolute Gasteiger partial charge is 0.147 e. The number of hydrogen-bond donors (Lipinski definition) is 0. The molecule has 2 aromatic rings. The summed E-state index contributed by atoms with van der Waals surface area (Å²) in [7, 11) is 0. The van der Waals surface area contributed by atoms with Crippen LogP contribution in [0.2, 0.25) is 0 Å². The molecule has 4 heteroatoms. The second-order valence-corrected chi connectivity index (χ2v) is 40.4. The van der Waals surface area contributed by atoms with Crippen LogP contribution in [0.4, 0.5) is 0 Å². The Kier molecular flexibility index (Phi) is 8.80. The van der Waals surface area contributed by atoms with Gasteiger partial charge in [0.15, 0.2) is 0 Å². The van der Waals surface area contributed by atoms with Gasteiger partial charge in [-0.2, -0.15) is 0 Å². The quantitative estimate of drug-likeness (QED) is 0.300. The molecule has 0 N–H and O–H groups in total. The molecule has 2 unspecified atom stereocenters. The van der Waals surface area contributed by atoms with E-state index in [0.29, 0.717) is 11.8 Å². The van der Waals surface area contributed by atoms with Crippen molar-refractivity contribution in [1.82, 2.24) is 0 Å². The van der Waals surface area contributed by atoms with Gasteiger partial charge >= 0.3 is 199 Å². The summed E-state index contributed by atoms with van der Waals surface area (Å²) in [5, 5.41) is 0. The predicted octanol–water partition coefficient (Wildman–Crippen LogP) is 7.24. The molecule has 0 saturated heterocycles. The first-order valence-corrected chi connectivity index (χ1v) is 27.5. The standard InChI is InChI=1S/2C9H13.2C6H5.2ClH.Hf.H2Si/c2*1-6-5-7(2)9(4)8(6)3;2*1-2-4-6-5-3-1;;;;/h2*6H,1-4H3;2*1-5H;2*1H;;1H2. The number of benzene rings is 2. The van der Waals surface area contributed by atoms with Gasteiger partial charge in [0.1, 0.15) is 0 Å². The Hall–Kier alpha value is -0.933. The summed E-state index contributed by atoms with van der Waals surface area (Å²) >= 11 is -4.40. The van der Waals surface area contributed by atoms with Gasteiger partial charge in [-0.25, -0.2) is 0 Å². The zero-order valence-electron chi connectivity index (χ0n) is 22.0. The average molecular weight is 678 g/mol. The van der Waals surface area contributed by atoms with Gasteiger partial charge in [-0.3, -0.25) is 0 Å². The molecule has 0 spiro atoms. The van der Waals surface area contributed by atoms with E-state index in [4.69, 9.17) is 0 Å². The fraction of sp³-hybridized carbons (Fsp3) is 0.333. The Morgan fingerprint density at radius 2 is 0.824 bits per heavy atom. The zero-order valence-corrected chi connectivity index (χ0v) is 28.6. The van der Waals surface area contributed by atoms with E-state index in [1.165, 1.54) is 11.1 Å². The molecule has 2 aliphatic rings. The second kappa shape index (κ2) is 10.2. The van der Waals surface area contributed by atoms with Gasteiger partial charge in [0.25, 0.3) is 0 Å². The number of allylic oxidation sites excluding steroid dienone is 8. The van der Waals surface area contributed by atoms with Gasteiger partial charge in [-0.15, -0.1) is 24.8 Å². The molecule has 2 atom stereocenters. The number of halogens is 2. The van der Waals surface area contributed by atoms with Crippen molar-refractivity contribution in [2.24, 2.45) is 11.8 Å². The predicted molar refractivity (Wildman–Crippen MR) is 156 cm³/mol. The van der Waals surface area contributed by atoms with Gasteiger partial charge < -0.3 is 0 Å². The van der Waals surface area contributed by atoms with Crippen LogP contribution in [0.3, 0.4) is 0 Å². The molecule has 0 bridgehead atoms. The van der Waals surface area contributed by atoms with Crippen LogP contribution in [0.5, 0.6) is 0 Å². The van der Waals surface area contributed by atoms with Gasteiger partial charge in [-0.05, 0) is 0 Å². The molecule has 0 radical (unpaired) electrons. The third kappa shape index (κ3) is 3.70. The van der Waals surface area contributed by atoms with Crippen LogP contribution in [0.1, 0.15) is 55.4 Å². The van der Waals surface area contributed by atoms with E-state index < -0.39 is 17.1 Å². The number of hydrogen-bond acceptors (Lipinski definition) is 0. The van der Waals surface area contributed by atoms with Crippen molar-refractivity contribution in [3.8, 4) is 0 Å². The van der Waals surface area contributed by atoms with E-state index in [0.717, 1.165) is 0 Å². The minimum atomic E-state index is -4.40. The van der Waals surface area contributed by atoms with Crippen LogP contribution in [0, 0.1) is 11.8 Å². The maximum absolute atomic E-state index is 4.40. The Balaban J connectivity index is 0.00000204. The van der Waals surface area contributed by atoms with Crippen LogP contribution in [0.15, 0.2) is 101 Å². The Morgan fingerprint density at radius 3 is 1.06 bits per heavy atom. The molecule has 2 aliphatic carbocycles. The molecule has 0 saturated carbocycles. The summed E-state index contributed by atoms with van der Waals surface area (Å²) in [6.07, 6.45) is 0. The molecule has 4 rings (SSSR count). The normalized spacial score (nSPS) is 21.2. The fourth-order valence-electron chi connectivity index (χ4n) is 7.06. The average Bonchev–Trinajstić information content (AvgIpc) is 3.13. The van der Waals surface area contributed by atoms with E-state index >= 15 is 0 Å². The molecule has 0 fully saturated rings. The minimum absolute atomic E-state index is 0. The minimum Gasteiger partial charge on any atom is -0.147 e. The molecule has 0 aromatic heterocycles. The van der Waals surface area contributed by atoms with E-state index in [2.05, 4.69) is 123 Å². The first kappa shape index (κ1) is 29.3. The maximum Gasteiger partial charge on any atom is -0.147 e. The maximum atomic E-state index is 2.48. The van der Waals surface area contributed by atoms with Crippen LogP contribution >= 0.6 is 24.8 Å². The van der Waals surface area contributed by atoms with Gasteiger partial charge in [-0.1, -0.05) is 0 Å². The van der Waals surface area contributed by atoms with Crippen molar-refractivity contribution in [3.05, 3.63) is 101 Å². The van der Waals surface area contributed by atoms with E-state index in [1.807, 2.05) is 0 Å². The van der Waals surface area contributed by atoms with Crippen molar-refractivity contribution in [3.63, 3.8) is 0 Å². The Morgan fingerprint density at radius 1 is 0.529 bits per heavy atom. The summed E-state index contributed by atoms with van der Waals surface area (Å²) in [4.78, 5) is 0. The van der Waals surface area contributed by atoms with Crippen LogP contribution < -0.4 is 6.64 Å². The first-order chi connectivity index (χ1) is 15.1. The molecular weight excluding hydrogens is 638 g/mol. The van der Waals surface area contributed by atoms with E-state index in [-0.39, 0.29) is 24.8 Å². The van der Waals surface area contributed by atoms with E-state index in [1.54, 1.807) is 35.6 Å². The van der Waals surface area contributed by atoms with Crippen molar-refractivity contribution in [2.75, 3.05) is 0 Å². The van der Waals surface area contributed by atoms with E-state index in [9.17, 15) is 0 Å². The monoisotopic (exact) mass is 678 g/mol. The molecule has 0 nitrogen and oxygen atoms in total. The summed E-state index contributed by atoms with van der Waals surface area (Å²) in [5.74, 6) is 0.967. The van der Waals surface area contributed by atoms with Crippen LogP contribution in [0.25, 0.3) is 0 Å². The van der Waals surface area contributed by atoms with Crippen molar-refractivity contribution >= 4 is 38.4 Å². The fourth-order valence-corrected chi connectivity index (χ4v) is 49.4. The zero-order chi connectivity index (χ0) is 23.4. The second-order valence-electron chi connectivity index (χ2n) is 10.3. The summed E-state index contributed by atoms with van der Waals surface area (Å²) in [6.45, 7) is 21.6. The SMILES string of the molecule is CC1=C(C)C(C)[C]([Hf](=[SiH2])([C]2=C(C)C(C)=C(C)C2C)([c]2ccccc2)[c]2ccccc2)=C1C.Cl.Cl.